The van der Waals surface area contributed by atoms with Crippen LogP contribution in [0.1, 0.15) is 32.4 Å². The summed E-state index contributed by atoms with van der Waals surface area (Å²) in [6, 6.07) is 5.55. The van der Waals surface area contributed by atoms with Gasteiger partial charge in [0.1, 0.15) is 11.9 Å². The topological polar surface area (TPSA) is 74.7 Å². The third kappa shape index (κ3) is 2.33. The zero-order chi connectivity index (χ0) is 12.5. The van der Waals surface area contributed by atoms with Gasteiger partial charge in [-0.1, -0.05) is 13.8 Å². The van der Waals surface area contributed by atoms with Gasteiger partial charge in [0.2, 0.25) is 0 Å². The predicted molar refractivity (Wildman–Crippen MR) is 68.4 cm³/mol. The van der Waals surface area contributed by atoms with Gasteiger partial charge in [-0.25, -0.2) is 4.98 Å². The quantitative estimate of drug-likeness (QED) is 0.832. The summed E-state index contributed by atoms with van der Waals surface area (Å²) in [4.78, 5) is 4.18. The normalized spacial score (nSPS) is 16.6. The smallest absolute Gasteiger partial charge is 0.165 e. The first-order valence-corrected chi connectivity index (χ1v) is 5.98. The van der Waals surface area contributed by atoms with Crippen LogP contribution in [0.3, 0.4) is 0 Å². The first-order chi connectivity index (χ1) is 8.07. The van der Waals surface area contributed by atoms with E-state index in [0.29, 0.717) is 22.7 Å². The number of pyridine rings is 1. The van der Waals surface area contributed by atoms with E-state index in [1.54, 1.807) is 6.07 Å². The highest BCUT2D eigenvalue weighted by Gasteiger charge is 2.44. The number of anilines is 2. The van der Waals surface area contributed by atoms with Crippen molar-refractivity contribution in [2.75, 3.05) is 17.6 Å². The molecular weight excluding hydrogens is 212 g/mol. The summed E-state index contributed by atoms with van der Waals surface area (Å²) in [5.74, 6) is 1.42. The molecule has 1 aromatic rings. The lowest BCUT2D eigenvalue weighted by atomic mass is 9.92. The fourth-order valence-corrected chi connectivity index (χ4v) is 2.04. The van der Waals surface area contributed by atoms with Gasteiger partial charge >= 0.3 is 0 Å². The Kier molecular flexibility index (Phi) is 2.93. The van der Waals surface area contributed by atoms with Gasteiger partial charge in [-0.2, -0.15) is 5.26 Å². The van der Waals surface area contributed by atoms with Crippen LogP contribution >= 0.6 is 0 Å². The molecule has 0 aromatic carbocycles. The van der Waals surface area contributed by atoms with E-state index in [4.69, 9.17) is 11.0 Å². The first-order valence-electron chi connectivity index (χ1n) is 5.98. The van der Waals surface area contributed by atoms with Gasteiger partial charge < -0.3 is 11.1 Å². The molecule has 3 N–H and O–H groups in total. The van der Waals surface area contributed by atoms with Crippen LogP contribution in [0.25, 0.3) is 0 Å². The molecule has 4 nitrogen and oxygen atoms in total. The van der Waals surface area contributed by atoms with Gasteiger partial charge in [0.15, 0.2) is 5.69 Å². The summed E-state index contributed by atoms with van der Waals surface area (Å²) in [5.41, 5.74) is 6.79. The number of aromatic nitrogens is 1. The zero-order valence-corrected chi connectivity index (χ0v) is 10.3. The lowest BCUT2D eigenvalue weighted by molar-refractivity contribution is 0.380. The van der Waals surface area contributed by atoms with Crippen LogP contribution in [0.4, 0.5) is 11.5 Å². The van der Waals surface area contributed by atoms with Crippen molar-refractivity contribution in [3.05, 3.63) is 17.8 Å². The Morgan fingerprint density at radius 2 is 2.24 bits per heavy atom. The van der Waals surface area contributed by atoms with Crippen LogP contribution in [-0.2, 0) is 0 Å². The van der Waals surface area contributed by atoms with Crippen LogP contribution < -0.4 is 11.1 Å². The van der Waals surface area contributed by atoms with Gasteiger partial charge in [-0.3, -0.25) is 0 Å². The Labute approximate surface area is 102 Å². The Morgan fingerprint density at radius 1 is 1.53 bits per heavy atom. The molecule has 1 fully saturated rings. The SMILES string of the molecule is CC(C)C1(CNc2ccc(N)c(C#N)n2)CC1. The second-order valence-electron chi connectivity index (χ2n) is 5.12. The number of nitriles is 1. The molecule has 0 radical (unpaired) electrons. The van der Waals surface area contributed by atoms with Crippen molar-refractivity contribution in [1.82, 2.24) is 4.98 Å². The third-order valence-electron chi connectivity index (χ3n) is 3.77. The molecule has 0 amide bonds. The highest BCUT2D eigenvalue weighted by atomic mass is 15.0. The minimum Gasteiger partial charge on any atom is -0.396 e. The van der Waals surface area contributed by atoms with Crippen molar-refractivity contribution >= 4 is 11.5 Å². The average Bonchev–Trinajstić information content (AvgIpc) is 3.09. The van der Waals surface area contributed by atoms with E-state index in [1.165, 1.54) is 12.8 Å². The van der Waals surface area contributed by atoms with Crippen LogP contribution in [-0.4, -0.2) is 11.5 Å². The van der Waals surface area contributed by atoms with E-state index in [-0.39, 0.29) is 0 Å². The van der Waals surface area contributed by atoms with E-state index in [1.807, 2.05) is 12.1 Å². The lowest BCUT2D eigenvalue weighted by Gasteiger charge is -2.20. The summed E-state index contributed by atoms with van der Waals surface area (Å²) in [6.07, 6.45) is 2.55. The minimum atomic E-state index is 0.296. The number of nitrogens with one attached hydrogen (secondary N) is 1. The average molecular weight is 230 g/mol. The van der Waals surface area contributed by atoms with E-state index in [2.05, 4.69) is 24.1 Å². The van der Waals surface area contributed by atoms with Crippen molar-refractivity contribution < 1.29 is 0 Å². The maximum Gasteiger partial charge on any atom is 0.165 e. The fourth-order valence-electron chi connectivity index (χ4n) is 2.04. The number of nitrogens with zero attached hydrogens (tertiary/aromatic N) is 2. The number of hydrogen-bond acceptors (Lipinski definition) is 4. The van der Waals surface area contributed by atoms with Crippen LogP contribution in [0.15, 0.2) is 12.1 Å². The van der Waals surface area contributed by atoms with Gasteiger partial charge in [0, 0.05) is 6.54 Å². The molecule has 1 heterocycles. The molecule has 0 atom stereocenters. The van der Waals surface area contributed by atoms with Crippen molar-refractivity contribution in [1.29, 1.82) is 5.26 Å². The molecular formula is C13H18N4. The molecule has 0 unspecified atom stereocenters. The molecule has 1 aromatic heterocycles. The molecule has 0 bridgehead atoms. The van der Waals surface area contributed by atoms with Crippen molar-refractivity contribution in [2.24, 2.45) is 11.3 Å². The largest absolute Gasteiger partial charge is 0.396 e. The fraction of sp³-hybridized carbons (Fsp3) is 0.538. The van der Waals surface area contributed by atoms with Gasteiger partial charge in [-0.15, -0.1) is 0 Å². The lowest BCUT2D eigenvalue weighted by Crippen LogP contribution is -2.21. The summed E-state index contributed by atoms with van der Waals surface area (Å²) < 4.78 is 0. The molecule has 2 rings (SSSR count). The molecule has 0 spiro atoms. The third-order valence-corrected chi connectivity index (χ3v) is 3.77. The highest BCUT2D eigenvalue weighted by molar-refractivity contribution is 5.54. The van der Waals surface area contributed by atoms with Gasteiger partial charge in [-0.05, 0) is 36.3 Å². The predicted octanol–water partition coefficient (Wildman–Crippen LogP) is 2.38. The molecule has 90 valence electrons. The Bertz CT molecular complexity index is 455. The molecule has 4 heteroatoms. The van der Waals surface area contributed by atoms with Crippen molar-refractivity contribution in [3.63, 3.8) is 0 Å². The van der Waals surface area contributed by atoms with Crippen LogP contribution in [0.2, 0.25) is 0 Å². The zero-order valence-electron chi connectivity index (χ0n) is 10.3. The maximum absolute atomic E-state index is 8.85. The monoisotopic (exact) mass is 230 g/mol. The number of nitrogens with two attached hydrogens (primary N) is 1. The van der Waals surface area contributed by atoms with E-state index < -0.39 is 0 Å². The number of nitrogen functional groups attached to an aromatic ring is 1. The number of rotatable bonds is 4. The Balaban J connectivity index is 2.03. The second-order valence-corrected chi connectivity index (χ2v) is 5.12. The number of hydrogen-bond donors (Lipinski definition) is 2. The summed E-state index contributed by atoms with van der Waals surface area (Å²) in [6.45, 7) is 5.43. The van der Waals surface area contributed by atoms with E-state index in [0.717, 1.165) is 12.4 Å². The first kappa shape index (κ1) is 11.7. The van der Waals surface area contributed by atoms with Gasteiger partial charge in [0.25, 0.3) is 0 Å². The minimum absolute atomic E-state index is 0.296. The second kappa shape index (κ2) is 4.25. The molecule has 0 saturated heterocycles. The van der Waals surface area contributed by atoms with E-state index >= 15 is 0 Å². The highest BCUT2D eigenvalue weighted by Crippen LogP contribution is 2.51. The molecule has 0 aliphatic heterocycles. The summed E-state index contributed by atoms with van der Waals surface area (Å²) in [5, 5.41) is 12.2. The van der Waals surface area contributed by atoms with Gasteiger partial charge in [0.05, 0.1) is 5.69 Å². The molecule has 1 aliphatic carbocycles. The standard InChI is InChI=1S/C13H18N4/c1-9(2)13(5-6-13)8-16-12-4-3-10(15)11(7-14)17-12/h3-4,9H,5-6,8,15H2,1-2H3,(H,16,17). The van der Waals surface area contributed by atoms with Crippen molar-refractivity contribution in [3.8, 4) is 6.07 Å². The van der Waals surface area contributed by atoms with Crippen LogP contribution in [0, 0.1) is 22.7 Å². The summed E-state index contributed by atoms with van der Waals surface area (Å²) in [7, 11) is 0. The maximum atomic E-state index is 8.85. The van der Waals surface area contributed by atoms with Crippen molar-refractivity contribution in [2.45, 2.75) is 26.7 Å². The Hall–Kier alpha value is -1.76. The Morgan fingerprint density at radius 3 is 2.76 bits per heavy atom. The summed E-state index contributed by atoms with van der Waals surface area (Å²) >= 11 is 0. The molecule has 1 saturated carbocycles. The molecule has 1 aliphatic rings. The molecule has 17 heavy (non-hydrogen) atoms. The van der Waals surface area contributed by atoms with E-state index in [9.17, 15) is 0 Å². The van der Waals surface area contributed by atoms with Crippen LogP contribution in [0.5, 0.6) is 0 Å².